The van der Waals surface area contributed by atoms with Gasteiger partial charge < -0.3 is 9.47 Å². The Hall–Kier alpha value is -4.01. The summed E-state index contributed by atoms with van der Waals surface area (Å²) in [5.74, 6) is 3.97. The van der Waals surface area contributed by atoms with Crippen LogP contribution in [0.1, 0.15) is 47.2 Å². The Kier molecular flexibility index (Phi) is 10.3. The number of nitrogens with zero attached hydrogens (tertiary/aromatic N) is 1. The second-order valence-corrected chi connectivity index (χ2v) is 13.4. The molecule has 4 aromatic carbocycles. The number of hydrogen-bond acceptors (Lipinski definition) is 5. The Bertz CT molecular complexity index is 1850. The van der Waals surface area contributed by atoms with E-state index in [1.54, 1.807) is 64.1 Å². The molecule has 0 amide bonds. The molecule has 0 bridgehead atoms. The molecule has 9 heteroatoms. The first kappa shape index (κ1) is 32.9. The minimum Gasteiger partial charge on any atom is -0.451 e. The van der Waals surface area contributed by atoms with Crippen molar-refractivity contribution in [3.05, 3.63) is 134 Å². The molecule has 0 unspecified atom stereocenters. The quantitative estimate of drug-likeness (QED) is 0.0653. The van der Waals surface area contributed by atoms with Gasteiger partial charge in [0, 0.05) is 9.13 Å². The standard InChI is InChI=1S/C35H31FINO5S/c1-23-21-24(2)32(25(3)22-23)44(40,41)38-33(29-13-9-10-14-30(29)37)42-31(20-17-26-15-18-28(36)19-16-26)34(39)43-35(4,5)27-11-7-6-8-12-27/h6-16,18-19,21-22,31H,1-5H3/b38-33-/t31-/m0/s1. The van der Waals surface area contributed by atoms with Crippen molar-refractivity contribution in [2.45, 2.75) is 51.2 Å². The maximum absolute atomic E-state index is 13.8. The van der Waals surface area contributed by atoms with Gasteiger partial charge in [-0.25, -0.2) is 9.18 Å². The third kappa shape index (κ3) is 8.12. The van der Waals surface area contributed by atoms with Crippen LogP contribution in [0.3, 0.4) is 0 Å². The van der Waals surface area contributed by atoms with Crippen LogP contribution in [0, 0.1) is 42.0 Å². The largest absolute Gasteiger partial charge is 0.451 e. The number of carbonyl (C=O) groups excluding carboxylic acids is 1. The minimum atomic E-state index is -4.31. The number of aryl methyl sites for hydroxylation is 3. The van der Waals surface area contributed by atoms with Crippen molar-refractivity contribution in [3.8, 4) is 11.8 Å². The highest BCUT2D eigenvalue weighted by atomic mass is 127. The van der Waals surface area contributed by atoms with Crippen molar-refractivity contribution in [2.75, 3.05) is 0 Å². The zero-order chi connectivity index (χ0) is 32.1. The molecule has 0 aliphatic carbocycles. The van der Waals surface area contributed by atoms with Crippen LogP contribution in [0.15, 0.2) is 100 Å². The topological polar surface area (TPSA) is 82.0 Å². The summed E-state index contributed by atoms with van der Waals surface area (Å²) in [6.07, 6.45) is -1.59. The van der Waals surface area contributed by atoms with E-state index in [4.69, 9.17) is 9.47 Å². The van der Waals surface area contributed by atoms with Crippen LogP contribution >= 0.6 is 22.6 Å². The van der Waals surface area contributed by atoms with Crippen LogP contribution in [-0.2, 0) is 29.9 Å². The van der Waals surface area contributed by atoms with E-state index in [0.29, 0.717) is 25.8 Å². The Morgan fingerprint density at radius 1 is 0.909 bits per heavy atom. The summed E-state index contributed by atoms with van der Waals surface area (Å²) < 4.78 is 57.9. The van der Waals surface area contributed by atoms with Crippen LogP contribution in [0.5, 0.6) is 0 Å². The molecule has 226 valence electrons. The minimum absolute atomic E-state index is 0.0527. The van der Waals surface area contributed by atoms with Crippen LogP contribution in [0.2, 0.25) is 0 Å². The summed E-state index contributed by atoms with van der Waals surface area (Å²) in [4.78, 5) is 13.8. The zero-order valence-electron chi connectivity index (χ0n) is 24.9. The predicted molar refractivity (Wildman–Crippen MR) is 177 cm³/mol. The fourth-order valence-electron chi connectivity index (χ4n) is 4.63. The molecule has 4 rings (SSSR count). The number of ether oxygens (including phenoxy) is 2. The first-order valence-electron chi connectivity index (χ1n) is 13.7. The van der Waals surface area contributed by atoms with E-state index in [0.717, 1.165) is 11.1 Å². The van der Waals surface area contributed by atoms with Crippen LogP contribution < -0.4 is 0 Å². The Labute approximate surface area is 271 Å². The van der Waals surface area contributed by atoms with Crippen molar-refractivity contribution < 1.29 is 27.1 Å². The molecule has 0 aliphatic rings. The van der Waals surface area contributed by atoms with Crippen molar-refractivity contribution in [1.82, 2.24) is 0 Å². The molecule has 0 N–H and O–H groups in total. The van der Waals surface area contributed by atoms with Crippen molar-refractivity contribution in [1.29, 1.82) is 0 Å². The molecule has 1 atom stereocenters. The first-order valence-corrected chi connectivity index (χ1v) is 16.2. The molecule has 4 aromatic rings. The molecule has 44 heavy (non-hydrogen) atoms. The second kappa shape index (κ2) is 13.7. The van der Waals surface area contributed by atoms with E-state index in [-0.39, 0.29) is 10.8 Å². The molecule has 0 fully saturated rings. The van der Waals surface area contributed by atoms with E-state index < -0.39 is 33.5 Å². The van der Waals surface area contributed by atoms with Gasteiger partial charge in [0.05, 0.1) is 10.5 Å². The highest BCUT2D eigenvalue weighted by molar-refractivity contribution is 14.1. The Balaban J connectivity index is 1.83. The fraction of sp³-hybridized carbons (Fsp3) is 0.200. The molecule has 0 heterocycles. The van der Waals surface area contributed by atoms with Crippen LogP contribution in [0.25, 0.3) is 0 Å². The SMILES string of the molecule is Cc1cc(C)c(S(=O)(=O)/N=C(\O[C@@H](C#Cc2ccc(F)cc2)C(=O)OC(C)(C)c2ccccc2)c2ccccc2I)c(C)c1. The van der Waals surface area contributed by atoms with Gasteiger partial charge in [0.15, 0.2) is 0 Å². The molecule has 0 saturated carbocycles. The summed E-state index contributed by atoms with van der Waals surface area (Å²) in [5, 5.41) is 0. The number of esters is 1. The normalized spacial score (nSPS) is 12.6. The van der Waals surface area contributed by atoms with Gasteiger partial charge in [0.2, 0.25) is 5.90 Å². The van der Waals surface area contributed by atoms with E-state index in [1.807, 2.05) is 59.8 Å². The number of carbonyl (C=O) groups is 1. The van der Waals surface area contributed by atoms with Gasteiger partial charge in [0.25, 0.3) is 16.1 Å². The third-order valence-electron chi connectivity index (χ3n) is 6.63. The molecule has 0 aliphatic heterocycles. The molecule has 6 nitrogen and oxygen atoms in total. The third-order valence-corrected chi connectivity index (χ3v) is 9.14. The van der Waals surface area contributed by atoms with Gasteiger partial charge in [-0.1, -0.05) is 66.1 Å². The maximum atomic E-state index is 13.8. The van der Waals surface area contributed by atoms with Gasteiger partial charge >= 0.3 is 5.97 Å². The molecule has 0 radical (unpaired) electrons. The number of rotatable bonds is 7. The molecule has 0 spiro atoms. The van der Waals surface area contributed by atoms with Crippen molar-refractivity contribution >= 4 is 44.5 Å². The number of benzene rings is 4. The fourth-order valence-corrected chi connectivity index (χ4v) is 6.63. The van der Waals surface area contributed by atoms with Crippen LogP contribution in [-0.4, -0.2) is 26.4 Å². The zero-order valence-corrected chi connectivity index (χ0v) is 27.9. The van der Waals surface area contributed by atoms with Crippen molar-refractivity contribution in [3.63, 3.8) is 0 Å². The maximum Gasteiger partial charge on any atom is 0.361 e. The predicted octanol–water partition coefficient (Wildman–Crippen LogP) is 7.41. The number of sulfonamides is 1. The average Bonchev–Trinajstić information content (AvgIpc) is 2.95. The highest BCUT2D eigenvalue weighted by Crippen LogP contribution is 2.27. The monoisotopic (exact) mass is 723 g/mol. The van der Waals surface area contributed by atoms with Gasteiger partial charge in [-0.05, 0) is 116 Å². The molecular weight excluding hydrogens is 692 g/mol. The lowest BCUT2D eigenvalue weighted by Gasteiger charge is -2.27. The smallest absolute Gasteiger partial charge is 0.361 e. The Morgan fingerprint density at radius 2 is 1.50 bits per heavy atom. The molecule has 0 aromatic heterocycles. The van der Waals surface area contributed by atoms with Gasteiger partial charge in [-0.3, -0.25) is 0 Å². The summed E-state index contributed by atoms with van der Waals surface area (Å²) in [6, 6.07) is 25.0. The van der Waals surface area contributed by atoms with Gasteiger partial charge in [-0.15, -0.1) is 4.40 Å². The molecule has 0 saturated heterocycles. The summed E-state index contributed by atoms with van der Waals surface area (Å²) in [7, 11) is -4.31. The number of hydrogen-bond donors (Lipinski definition) is 0. The summed E-state index contributed by atoms with van der Waals surface area (Å²) in [5.41, 5.74) is 2.41. The van der Waals surface area contributed by atoms with E-state index in [1.165, 1.54) is 24.3 Å². The summed E-state index contributed by atoms with van der Waals surface area (Å²) >= 11 is 2.04. The summed E-state index contributed by atoms with van der Waals surface area (Å²) in [6.45, 7) is 8.75. The highest BCUT2D eigenvalue weighted by Gasteiger charge is 2.32. The second-order valence-electron chi connectivity index (χ2n) is 10.7. The van der Waals surface area contributed by atoms with Gasteiger partial charge in [-0.2, -0.15) is 8.42 Å². The van der Waals surface area contributed by atoms with E-state index in [9.17, 15) is 17.6 Å². The lowest BCUT2D eigenvalue weighted by atomic mass is 9.98. The average molecular weight is 724 g/mol. The lowest BCUT2D eigenvalue weighted by molar-refractivity contribution is -0.163. The first-order chi connectivity index (χ1) is 20.8. The van der Waals surface area contributed by atoms with Gasteiger partial charge in [0.1, 0.15) is 11.4 Å². The van der Waals surface area contributed by atoms with E-state index >= 15 is 0 Å². The van der Waals surface area contributed by atoms with E-state index in [2.05, 4.69) is 16.2 Å². The number of halogens is 2. The Morgan fingerprint density at radius 3 is 2.11 bits per heavy atom. The van der Waals surface area contributed by atoms with Crippen LogP contribution in [0.4, 0.5) is 4.39 Å². The molecular formula is C35H31FINO5S. The van der Waals surface area contributed by atoms with Crippen molar-refractivity contribution in [2.24, 2.45) is 4.40 Å². The lowest BCUT2D eigenvalue weighted by Crippen LogP contribution is -2.35.